The maximum atomic E-state index is 12.4. The van der Waals surface area contributed by atoms with Gasteiger partial charge in [0.2, 0.25) is 0 Å². The molecule has 26 heavy (non-hydrogen) atoms. The van der Waals surface area contributed by atoms with E-state index in [1.54, 1.807) is 26.0 Å². The molecular formula is C18H12ClNO6. The molecule has 2 aromatic carbocycles. The molecule has 132 valence electrons. The molecule has 0 saturated carbocycles. The van der Waals surface area contributed by atoms with Gasteiger partial charge in [-0.3, -0.25) is 10.1 Å². The van der Waals surface area contributed by atoms with E-state index >= 15 is 0 Å². The normalized spacial score (nSPS) is 10.7. The molecule has 0 aliphatic rings. The van der Waals surface area contributed by atoms with Crippen molar-refractivity contribution in [3.05, 3.63) is 78.6 Å². The van der Waals surface area contributed by atoms with Crippen LogP contribution in [-0.2, 0) is 0 Å². The van der Waals surface area contributed by atoms with Gasteiger partial charge in [0.05, 0.1) is 15.5 Å². The predicted octanol–water partition coefficient (Wildman–Crippen LogP) is 4.19. The Kier molecular flexibility index (Phi) is 4.48. The van der Waals surface area contributed by atoms with E-state index in [1.165, 1.54) is 12.1 Å². The minimum Gasteiger partial charge on any atom is -0.422 e. The highest BCUT2D eigenvalue weighted by atomic mass is 35.5. The zero-order chi connectivity index (χ0) is 19.0. The molecule has 1 aromatic heterocycles. The van der Waals surface area contributed by atoms with Gasteiger partial charge in [0.15, 0.2) is 0 Å². The van der Waals surface area contributed by atoms with Gasteiger partial charge in [0.25, 0.3) is 5.69 Å². The molecule has 7 nitrogen and oxygen atoms in total. The molecule has 8 heteroatoms. The zero-order valence-corrected chi connectivity index (χ0v) is 14.5. The van der Waals surface area contributed by atoms with Crippen LogP contribution in [0.2, 0.25) is 5.02 Å². The monoisotopic (exact) mass is 373 g/mol. The maximum absolute atomic E-state index is 12.4. The summed E-state index contributed by atoms with van der Waals surface area (Å²) in [5.74, 6) is -0.576. The van der Waals surface area contributed by atoms with Gasteiger partial charge >= 0.3 is 11.6 Å². The second kappa shape index (κ2) is 6.61. The number of carbonyl (C=O) groups is 1. The lowest BCUT2D eigenvalue weighted by Crippen LogP contribution is -2.10. The summed E-state index contributed by atoms with van der Waals surface area (Å²) >= 11 is 5.95. The first-order valence-corrected chi connectivity index (χ1v) is 7.86. The highest BCUT2D eigenvalue weighted by molar-refractivity contribution is 6.33. The number of nitro benzene ring substituents is 1. The number of fused-ring (bicyclic) bond motifs is 1. The molecule has 0 spiro atoms. The number of non-ortho nitro benzene ring substituents is 1. The van der Waals surface area contributed by atoms with E-state index in [9.17, 15) is 19.7 Å². The lowest BCUT2D eigenvalue weighted by molar-refractivity contribution is -0.384. The molecule has 0 atom stereocenters. The fourth-order valence-electron chi connectivity index (χ4n) is 2.55. The van der Waals surface area contributed by atoms with Crippen LogP contribution in [0.15, 0.2) is 45.6 Å². The number of halogens is 1. The van der Waals surface area contributed by atoms with Crippen LogP contribution in [0.1, 0.15) is 21.5 Å². The summed E-state index contributed by atoms with van der Waals surface area (Å²) in [7, 11) is 0. The Morgan fingerprint density at radius 3 is 2.58 bits per heavy atom. The first kappa shape index (κ1) is 17.6. The first-order valence-electron chi connectivity index (χ1n) is 7.48. The van der Waals surface area contributed by atoms with Gasteiger partial charge in [-0.25, -0.2) is 9.59 Å². The number of benzene rings is 2. The number of aryl methyl sites for hydroxylation is 2. The van der Waals surface area contributed by atoms with Crippen LogP contribution in [-0.4, -0.2) is 10.9 Å². The SMILES string of the molecule is Cc1cc(=O)oc2c(C)c(OC(=O)c3ccc([N+](=O)[O-])cc3Cl)ccc12. The Bertz CT molecular complexity index is 1120. The summed E-state index contributed by atoms with van der Waals surface area (Å²) in [6.45, 7) is 3.44. The topological polar surface area (TPSA) is 99.7 Å². The van der Waals surface area contributed by atoms with Crippen LogP contribution >= 0.6 is 11.6 Å². The third-order valence-corrected chi connectivity index (χ3v) is 4.22. The fourth-order valence-corrected chi connectivity index (χ4v) is 2.80. The van der Waals surface area contributed by atoms with Crippen LogP contribution in [0.5, 0.6) is 5.75 Å². The molecule has 0 saturated heterocycles. The Morgan fingerprint density at radius 1 is 1.19 bits per heavy atom. The molecule has 3 rings (SSSR count). The molecule has 0 aliphatic carbocycles. The summed E-state index contributed by atoms with van der Waals surface area (Å²) in [5.41, 5.74) is 0.813. The summed E-state index contributed by atoms with van der Waals surface area (Å²) in [4.78, 5) is 34.1. The van der Waals surface area contributed by atoms with Gasteiger partial charge in [-0.15, -0.1) is 0 Å². The number of esters is 1. The summed E-state index contributed by atoms with van der Waals surface area (Å²) in [5, 5.41) is 11.4. The number of hydrogen-bond acceptors (Lipinski definition) is 6. The number of nitro groups is 1. The van der Waals surface area contributed by atoms with E-state index in [2.05, 4.69) is 0 Å². The standard InChI is InChI=1S/C18H12ClNO6/c1-9-7-16(21)26-17-10(2)15(6-5-12(9)17)25-18(22)13-4-3-11(20(23)24)8-14(13)19/h3-8H,1-2H3. The Morgan fingerprint density at radius 2 is 1.92 bits per heavy atom. The predicted molar refractivity (Wildman–Crippen MR) is 95.0 cm³/mol. The van der Waals surface area contributed by atoms with Crippen LogP contribution in [0.3, 0.4) is 0 Å². The van der Waals surface area contributed by atoms with E-state index in [1.807, 2.05) is 0 Å². The van der Waals surface area contributed by atoms with Crippen molar-refractivity contribution in [3.63, 3.8) is 0 Å². The summed E-state index contributed by atoms with van der Waals surface area (Å²) < 4.78 is 10.6. The zero-order valence-electron chi connectivity index (χ0n) is 13.7. The van der Waals surface area contributed by atoms with Crippen molar-refractivity contribution in [1.82, 2.24) is 0 Å². The average Bonchev–Trinajstić information content (AvgIpc) is 2.57. The summed E-state index contributed by atoms with van der Waals surface area (Å²) in [6, 6.07) is 8.11. The third kappa shape index (κ3) is 3.16. The molecule has 0 aliphatic heterocycles. The van der Waals surface area contributed by atoms with Crippen LogP contribution in [0.4, 0.5) is 5.69 Å². The van der Waals surface area contributed by atoms with Gasteiger partial charge in [0, 0.05) is 29.1 Å². The van der Waals surface area contributed by atoms with Gasteiger partial charge in [-0.05, 0) is 37.6 Å². The molecular weight excluding hydrogens is 362 g/mol. The number of rotatable bonds is 3. The number of ether oxygens (including phenoxy) is 1. The van der Waals surface area contributed by atoms with E-state index in [0.717, 1.165) is 23.1 Å². The van der Waals surface area contributed by atoms with Crippen LogP contribution < -0.4 is 10.4 Å². The molecule has 0 unspecified atom stereocenters. The van der Waals surface area contributed by atoms with Crippen molar-refractivity contribution < 1.29 is 18.9 Å². The van der Waals surface area contributed by atoms with E-state index in [-0.39, 0.29) is 22.0 Å². The fraction of sp³-hybridized carbons (Fsp3) is 0.111. The largest absolute Gasteiger partial charge is 0.422 e. The van der Waals surface area contributed by atoms with Gasteiger partial charge in [-0.1, -0.05) is 11.6 Å². The molecule has 0 N–H and O–H groups in total. The van der Waals surface area contributed by atoms with Gasteiger partial charge in [0.1, 0.15) is 11.3 Å². The van der Waals surface area contributed by atoms with Crippen molar-refractivity contribution >= 4 is 34.2 Å². The first-order chi connectivity index (χ1) is 12.3. The van der Waals surface area contributed by atoms with Crippen molar-refractivity contribution in [1.29, 1.82) is 0 Å². The minimum absolute atomic E-state index is 0.0116. The Balaban J connectivity index is 1.99. The third-order valence-electron chi connectivity index (χ3n) is 3.90. The van der Waals surface area contributed by atoms with Gasteiger partial charge < -0.3 is 9.15 Å². The number of nitrogens with zero attached hydrogens (tertiary/aromatic N) is 1. The van der Waals surface area contributed by atoms with E-state index in [0.29, 0.717) is 11.1 Å². The van der Waals surface area contributed by atoms with Crippen LogP contribution in [0.25, 0.3) is 11.0 Å². The van der Waals surface area contributed by atoms with E-state index in [4.69, 9.17) is 20.8 Å². The van der Waals surface area contributed by atoms with E-state index < -0.39 is 16.5 Å². The van der Waals surface area contributed by atoms with Crippen molar-refractivity contribution in [2.24, 2.45) is 0 Å². The maximum Gasteiger partial charge on any atom is 0.345 e. The lowest BCUT2D eigenvalue weighted by atomic mass is 10.1. The molecule has 0 amide bonds. The molecule has 3 aromatic rings. The number of carbonyl (C=O) groups excluding carboxylic acids is 1. The molecule has 1 heterocycles. The average molecular weight is 374 g/mol. The summed E-state index contributed by atoms with van der Waals surface area (Å²) in [6.07, 6.45) is 0. The molecule has 0 radical (unpaired) electrons. The van der Waals surface area contributed by atoms with Gasteiger partial charge in [-0.2, -0.15) is 0 Å². The van der Waals surface area contributed by atoms with Crippen LogP contribution in [0, 0.1) is 24.0 Å². The van der Waals surface area contributed by atoms with Crippen molar-refractivity contribution in [2.75, 3.05) is 0 Å². The second-order valence-corrected chi connectivity index (χ2v) is 6.03. The highest BCUT2D eigenvalue weighted by Crippen LogP contribution is 2.30. The smallest absolute Gasteiger partial charge is 0.345 e. The lowest BCUT2D eigenvalue weighted by Gasteiger charge is -2.10. The van der Waals surface area contributed by atoms with Crippen molar-refractivity contribution in [2.45, 2.75) is 13.8 Å². The highest BCUT2D eigenvalue weighted by Gasteiger charge is 2.19. The quantitative estimate of drug-likeness (QED) is 0.224. The minimum atomic E-state index is -0.776. The van der Waals surface area contributed by atoms with Crippen molar-refractivity contribution in [3.8, 4) is 5.75 Å². The second-order valence-electron chi connectivity index (χ2n) is 5.62. The molecule has 0 fully saturated rings. The molecule has 0 bridgehead atoms. The Hall–Kier alpha value is -3.19. The Labute approximate surface area is 151 Å². The number of hydrogen-bond donors (Lipinski definition) is 0.